The maximum Gasteiger partial charge on any atom is 0.228 e. The Bertz CT molecular complexity index is 285. The highest BCUT2D eigenvalue weighted by molar-refractivity contribution is 6.31. The van der Waals surface area contributed by atoms with Crippen LogP contribution in [0.4, 0.5) is 5.95 Å². The van der Waals surface area contributed by atoms with Crippen LogP contribution in [-0.4, -0.2) is 21.5 Å². The molecule has 0 bridgehead atoms. The van der Waals surface area contributed by atoms with E-state index in [0.717, 1.165) is 13.0 Å². The van der Waals surface area contributed by atoms with Crippen LogP contribution < -0.4 is 5.32 Å². The van der Waals surface area contributed by atoms with E-state index in [0.29, 0.717) is 11.9 Å². The van der Waals surface area contributed by atoms with Gasteiger partial charge in [-0.1, -0.05) is 20.3 Å². The minimum Gasteiger partial charge on any atom is -0.354 e. The molecule has 1 unspecified atom stereocenters. The SMILES string of the molecule is CCC(C)CNc1nc(Cl)nc(Cl)n1. The molecule has 0 radical (unpaired) electrons. The number of halogens is 2. The summed E-state index contributed by atoms with van der Waals surface area (Å²) in [5.41, 5.74) is 0. The summed E-state index contributed by atoms with van der Waals surface area (Å²) >= 11 is 11.2. The lowest BCUT2D eigenvalue weighted by molar-refractivity contribution is 0.591. The number of anilines is 1. The van der Waals surface area contributed by atoms with E-state index in [9.17, 15) is 0 Å². The molecule has 0 aromatic carbocycles. The summed E-state index contributed by atoms with van der Waals surface area (Å²) in [6, 6.07) is 0. The Balaban J connectivity index is 2.58. The summed E-state index contributed by atoms with van der Waals surface area (Å²) in [4.78, 5) is 11.4. The molecule has 1 atom stereocenters. The second-order valence-corrected chi connectivity index (χ2v) is 3.77. The van der Waals surface area contributed by atoms with E-state index in [1.54, 1.807) is 0 Å². The molecule has 0 aliphatic rings. The van der Waals surface area contributed by atoms with Crippen LogP contribution in [0.3, 0.4) is 0 Å². The van der Waals surface area contributed by atoms with E-state index >= 15 is 0 Å². The van der Waals surface area contributed by atoms with E-state index in [1.165, 1.54) is 0 Å². The van der Waals surface area contributed by atoms with Crippen molar-refractivity contribution in [1.82, 2.24) is 15.0 Å². The summed E-state index contributed by atoms with van der Waals surface area (Å²) in [5, 5.41) is 3.26. The van der Waals surface area contributed by atoms with E-state index in [2.05, 4.69) is 34.1 Å². The van der Waals surface area contributed by atoms with Crippen molar-refractivity contribution in [3.63, 3.8) is 0 Å². The quantitative estimate of drug-likeness (QED) is 0.871. The van der Waals surface area contributed by atoms with E-state index in [-0.39, 0.29) is 10.6 Å². The Kier molecular flexibility index (Phi) is 4.35. The summed E-state index contributed by atoms with van der Waals surface area (Å²) in [6.07, 6.45) is 1.10. The maximum atomic E-state index is 5.61. The average molecular weight is 235 g/mol. The second kappa shape index (κ2) is 5.32. The van der Waals surface area contributed by atoms with Gasteiger partial charge >= 0.3 is 0 Å². The monoisotopic (exact) mass is 234 g/mol. The Morgan fingerprint density at radius 1 is 1.21 bits per heavy atom. The van der Waals surface area contributed by atoms with Gasteiger partial charge in [-0.3, -0.25) is 0 Å². The van der Waals surface area contributed by atoms with Gasteiger partial charge in [0.25, 0.3) is 0 Å². The Labute approximate surface area is 93.1 Å². The molecule has 0 saturated carbocycles. The number of rotatable bonds is 4. The van der Waals surface area contributed by atoms with Gasteiger partial charge < -0.3 is 5.32 Å². The first kappa shape index (κ1) is 11.5. The summed E-state index contributed by atoms with van der Waals surface area (Å²) < 4.78 is 0. The zero-order valence-electron chi connectivity index (χ0n) is 8.09. The molecule has 1 rings (SSSR count). The first-order valence-corrected chi connectivity index (χ1v) is 5.18. The largest absolute Gasteiger partial charge is 0.354 e. The number of aromatic nitrogens is 3. The van der Waals surface area contributed by atoms with Crippen LogP contribution in [0, 0.1) is 5.92 Å². The van der Waals surface area contributed by atoms with Crippen LogP contribution in [0.1, 0.15) is 20.3 Å². The molecular weight excluding hydrogens is 223 g/mol. The minimum absolute atomic E-state index is 0.108. The van der Waals surface area contributed by atoms with Crippen LogP contribution in [0.5, 0.6) is 0 Å². The fraction of sp³-hybridized carbons (Fsp3) is 0.625. The van der Waals surface area contributed by atoms with Crippen molar-refractivity contribution in [2.45, 2.75) is 20.3 Å². The van der Waals surface area contributed by atoms with Gasteiger partial charge in [-0.25, -0.2) is 0 Å². The zero-order valence-corrected chi connectivity index (χ0v) is 9.60. The summed E-state index contributed by atoms with van der Waals surface area (Å²) in [7, 11) is 0. The molecule has 1 aromatic heterocycles. The highest BCUT2D eigenvalue weighted by Gasteiger charge is 2.04. The van der Waals surface area contributed by atoms with Crippen LogP contribution >= 0.6 is 23.2 Å². The molecule has 0 amide bonds. The molecule has 0 fully saturated rings. The van der Waals surface area contributed by atoms with Crippen molar-refractivity contribution in [2.75, 3.05) is 11.9 Å². The third-order valence-electron chi connectivity index (χ3n) is 1.89. The van der Waals surface area contributed by atoms with Crippen LogP contribution in [-0.2, 0) is 0 Å². The Morgan fingerprint density at radius 2 is 1.79 bits per heavy atom. The van der Waals surface area contributed by atoms with Gasteiger partial charge in [-0.2, -0.15) is 15.0 Å². The van der Waals surface area contributed by atoms with Crippen molar-refractivity contribution in [2.24, 2.45) is 5.92 Å². The van der Waals surface area contributed by atoms with Crippen molar-refractivity contribution in [3.05, 3.63) is 10.6 Å². The lowest BCUT2D eigenvalue weighted by atomic mass is 10.1. The lowest BCUT2D eigenvalue weighted by Gasteiger charge is -2.09. The number of hydrogen-bond acceptors (Lipinski definition) is 4. The third-order valence-corrected chi connectivity index (χ3v) is 2.22. The van der Waals surface area contributed by atoms with Gasteiger partial charge in [0.05, 0.1) is 0 Å². The fourth-order valence-corrected chi connectivity index (χ4v) is 1.18. The normalized spacial score (nSPS) is 12.6. The highest BCUT2D eigenvalue weighted by Crippen LogP contribution is 2.10. The van der Waals surface area contributed by atoms with Crippen molar-refractivity contribution >= 4 is 29.2 Å². The van der Waals surface area contributed by atoms with Gasteiger partial charge in [0, 0.05) is 6.54 Å². The number of hydrogen-bond donors (Lipinski definition) is 1. The van der Waals surface area contributed by atoms with Crippen molar-refractivity contribution in [3.8, 4) is 0 Å². The zero-order chi connectivity index (χ0) is 10.6. The van der Waals surface area contributed by atoms with E-state index < -0.39 is 0 Å². The molecule has 0 aliphatic heterocycles. The minimum atomic E-state index is 0.108. The fourth-order valence-electron chi connectivity index (χ4n) is 0.815. The van der Waals surface area contributed by atoms with Gasteiger partial charge in [-0.05, 0) is 29.1 Å². The van der Waals surface area contributed by atoms with Gasteiger partial charge in [0.1, 0.15) is 0 Å². The van der Waals surface area contributed by atoms with Crippen LogP contribution in [0.25, 0.3) is 0 Å². The van der Waals surface area contributed by atoms with Crippen LogP contribution in [0.15, 0.2) is 0 Å². The van der Waals surface area contributed by atoms with E-state index in [1.807, 2.05) is 0 Å². The average Bonchev–Trinajstić information content (AvgIpc) is 2.12. The lowest BCUT2D eigenvalue weighted by Crippen LogP contribution is -2.12. The Hall–Kier alpha value is -0.610. The molecule has 0 aliphatic carbocycles. The topological polar surface area (TPSA) is 50.7 Å². The van der Waals surface area contributed by atoms with Crippen molar-refractivity contribution in [1.29, 1.82) is 0 Å². The molecule has 1 N–H and O–H groups in total. The van der Waals surface area contributed by atoms with Gasteiger partial charge in [0.2, 0.25) is 16.5 Å². The molecular formula is C8H12Cl2N4. The van der Waals surface area contributed by atoms with Crippen molar-refractivity contribution < 1.29 is 0 Å². The van der Waals surface area contributed by atoms with Crippen LogP contribution in [0.2, 0.25) is 10.6 Å². The number of nitrogens with one attached hydrogen (secondary N) is 1. The molecule has 1 aromatic rings. The smallest absolute Gasteiger partial charge is 0.228 e. The molecule has 14 heavy (non-hydrogen) atoms. The molecule has 78 valence electrons. The third kappa shape index (κ3) is 3.64. The first-order chi connectivity index (χ1) is 6.61. The molecule has 4 nitrogen and oxygen atoms in total. The Morgan fingerprint density at radius 3 is 2.29 bits per heavy atom. The summed E-state index contributed by atoms with van der Waals surface area (Å²) in [6.45, 7) is 5.06. The molecule has 6 heteroatoms. The number of nitrogens with zero attached hydrogens (tertiary/aromatic N) is 3. The molecule has 1 heterocycles. The standard InChI is InChI=1S/C8H12Cl2N4/c1-3-5(2)4-11-8-13-6(9)12-7(10)14-8/h5H,3-4H2,1-2H3,(H,11,12,13,14). The second-order valence-electron chi connectivity index (χ2n) is 3.09. The summed E-state index contributed by atoms with van der Waals surface area (Å²) in [5.74, 6) is 0.986. The first-order valence-electron chi connectivity index (χ1n) is 4.42. The highest BCUT2D eigenvalue weighted by atomic mass is 35.5. The molecule has 0 spiro atoms. The predicted molar refractivity (Wildman–Crippen MR) is 57.8 cm³/mol. The van der Waals surface area contributed by atoms with Gasteiger partial charge in [-0.15, -0.1) is 0 Å². The predicted octanol–water partition coefficient (Wildman–Crippen LogP) is 2.64. The maximum absolute atomic E-state index is 5.61. The van der Waals surface area contributed by atoms with E-state index in [4.69, 9.17) is 23.2 Å². The molecule has 0 saturated heterocycles. The van der Waals surface area contributed by atoms with Gasteiger partial charge in [0.15, 0.2) is 0 Å².